The second kappa shape index (κ2) is 6.84. The van der Waals surface area contributed by atoms with Crippen LogP contribution in [0.15, 0.2) is 12.4 Å². The quantitative estimate of drug-likeness (QED) is 0.903. The van der Waals surface area contributed by atoms with Crippen LogP contribution in [0.4, 0.5) is 0 Å². The molecule has 24 heavy (non-hydrogen) atoms. The van der Waals surface area contributed by atoms with Gasteiger partial charge in [-0.25, -0.2) is 0 Å². The molecule has 3 heterocycles. The van der Waals surface area contributed by atoms with E-state index in [1.165, 1.54) is 12.0 Å². The molecule has 2 saturated heterocycles. The molecule has 1 amide bonds. The minimum absolute atomic E-state index is 0.112. The van der Waals surface area contributed by atoms with Crippen LogP contribution in [-0.2, 0) is 23.1 Å². The number of nitrogens with one attached hydrogen (secondary N) is 1. The van der Waals surface area contributed by atoms with E-state index in [0.717, 1.165) is 51.9 Å². The first-order valence-electron chi connectivity index (χ1n) is 9.31. The fourth-order valence-electron chi connectivity index (χ4n) is 4.33. The molecule has 132 valence electrons. The molecular weight excluding hydrogens is 304 g/mol. The highest BCUT2D eigenvalue weighted by molar-refractivity contribution is 5.79. The molecule has 0 radical (unpaired) electrons. The molecule has 0 spiro atoms. The monoisotopic (exact) mass is 332 g/mol. The molecular formula is C18H28N4O2. The van der Waals surface area contributed by atoms with E-state index in [0.29, 0.717) is 12.0 Å². The van der Waals surface area contributed by atoms with Crippen molar-refractivity contribution in [2.45, 2.75) is 50.8 Å². The fraction of sp³-hybridized carbons (Fsp3) is 0.778. The Bertz CT molecular complexity index is 583. The number of aromatic nitrogens is 2. The SMILES string of the molecule is Cn1cc(CN2CC[C@H]3OCC[C@@H](C(=O)NC4CCC4)[C@@H]3C2)cn1. The second-order valence-electron chi connectivity index (χ2n) is 7.65. The first-order valence-corrected chi connectivity index (χ1v) is 9.31. The molecule has 3 aliphatic rings. The molecule has 0 bridgehead atoms. The van der Waals surface area contributed by atoms with Crippen LogP contribution in [0.3, 0.4) is 0 Å². The predicted octanol–water partition coefficient (Wildman–Crippen LogP) is 1.32. The number of piperidine rings is 1. The molecule has 3 fully saturated rings. The van der Waals surface area contributed by atoms with Gasteiger partial charge in [0.25, 0.3) is 0 Å². The van der Waals surface area contributed by atoms with Gasteiger partial charge in [-0.3, -0.25) is 14.4 Å². The lowest BCUT2D eigenvalue weighted by Crippen LogP contribution is -2.54. The minimum Gasteiger partial charge on any atom is -0.378 e. The topological polar surface area (TPSA) is 59.4 Å². The van der Waals surface area contributed by atoms with E-state index in [4.69, 9.17) is 4.74 Å². The van der Waals surface area contributed by atoms with Gasteiger partial charge in [-0.2, -0.15) is 5.10 Å². The largest absolute Gasteiger partial charge is 0.378 e. The Labute approximate surface area is 143 Å². The number of rotatable bonds is 4. The number of carbonyl (C=O) groups is 1. The van der Waals surface area contributed by atoms with Crippen molar-refractivity contribution >= 4 is 5.91 Å². The maximum atomic E-state index is 12.7. The third-order valence-electron chi connectivity index (χ3n) is 5.91. The highest BCUT2D eigenvalue weighted by Gasteiger charge is 2.42. The number of nitrogens with zero attached hydrogens (tertiary/aromatic N) is 3. The molecule has 3 atom stereocenters. The second-order valence-corrected chi connectivity index (χ2v) is 7.65. The summed E-state index contributed by atoms with van der Waals surface area (Å²) in [4.78, 5) is 15.2. The zero-order chi connectivity index (χ0) is 16.5. The number of amides is 1. The number of hydrogen-bond donors (Lipinski definition) is 1. The van der Waals surface area contributed by atoms with Crippen molar-refractivity contribution in [3.63, 3.8) is 0 Å². The molecule has 1 aromatic heterocycles. The minimum atomic E-state index is 0.112. The van der Waals surface area contributed by atoms with Gasteiger partial charge < -0.3 is 10.1 Å². The predicted molar refractivity (Wildman–Crippen MR) is 90.2 cm³/mol. The van der Waals surface area contributed by atoms with Gasteiger partial charge in [0.15, 0.2) is 0 Å². The molecule has 1 N–H and O–H groups in total. The standard InChI is InChI=1S/C18H28N4O2/c1-21-10-13(9-19-21)11-22-7-5-17-16(12-22)15(6-8-24-17)18(23)20-14-3-2-4-14/h9-10,14-17H,2-8,11-12H2,1H3,(H,20,23)/t15-,16+,17-/m1/s1. The lowest BCUT2D eigenvalue weighted by molar-refractivity contribution is -0.143. The van der Waals surface area contributed by atoms with E-state index >= 15 is 0 Å². The molecule has 4 rings (SSSR count). The Morgan fingerprint density at radius 3 is 2.96 bits per heavy atom. The number of ether oxygens (including phenoxy) is 1. The molecule has 1 aliphatic carbocycles. The summed E-state index contributed by atoms with van der Waals surface area (Å²) in [6.07, 6.45) is 9.70. The highest BCUT2D eigenvalue weighted by atomic mass is 16.5. The van der Waals surface area contributed by atoms with Crippen LogP contribution in [0.2, 0.25) is 0 Å². The summed E-state index contributed by atoms with van der Waals surface area (Å²) in [6.45, 7) is 3.62. The van der Waals surface area contributed by atoms with Gasteiger partial charge in [0.1, 0.15) is 0 Å². The van der Waals surface area contributed by atoms with Crippen LogP contribution in [0.1, 0.15) is 37.7 Å². The summed E-state index contributed by atoms with van der Waals surface area (Å²) in [5.41, 5.74) is 1.24. The van der Waals surface area contributed by atoms with Crippen LogP contribution >= 0.6 is 0 Å². The Hall–Kier alpha value is -1.40. The summed E-state index contributed by atoms with van der Waals surface area (Å²) in [5.74, 6) is 0.700. The number of carbonyl (C=O) groups excluding carboxylic acids is 1. The molecule has 0 unspecified atom stereocenters. The number of aryl methyl sites for hydroxylation is 1. The van der Waals surface area contributed by atoms with Gasteiger partial charge in [0, 0.05) is 62.9 Å². The molecule has 2 aliphatic heterocycles. The molecule has 6 heteroatoms. The van der Waals surface area contributed by atoms with Crippen molar-refractivity contribution in [2.75, 3.05) is 19.7 Å². The van der Waals surface area contributed by atoms with Crippen molar-refractivity contribution in [1.82, 2.24) is 20.0 Å². The smallest absolute Gasteiger partial charge is 0.223 e. The molecule has 1 saturated carbocycles. The lowest BCUT2D eigenvalue weighted by atomic mass is 9.78. The molecule has 0 aromatic carbocycles. The van der Waals surface area contributed by atoms with Gasteiger partial charge >= 0.3 is 0 Å². The van der Waals surface area contributed by atoms with Gasteiger partial charge in [-0.1, -0.05) is 0 Å². The maximum absolute atomic E-state index is 12.7. The van der Waals surface area contributed by atoms with Crippen LogP contribution in [-0.4, -0.2) is 52.4 Å². The van der Waals surface area contributed by atoms with Crippen LogP contribution < -0.4 is 5.32 Å². The third kappa shape index (κ3) is 3.35. The summed E-state index contributed by atoms with van der Waals surface area (Å²) >= 11 is 0. The maximum Gasteiger partial charge on any atom is 0.223 e. The lowest BCUT2D eigenvalue weighted by Gasteiger charge is -2.45. The van der Waals surface area contributed by atoms with E-state index in [9.17, 15) is 4.79 Å². The van der Waals surface area contributed by atoms with Crippen molar-refractivity contribution in [1.29, 1.82) is 0 Å². The summed E-state index contributed by atoms with van der Waals surface area (Å²) in [7, 11) is 1.95. The van der Waals surface area contributed by atoms with Crippen LogP contribution in [0.25, 0.3) is 0 Å². The Morgan fingerprint density at radius 2 is 2.25 bits per heavy atom. The average molecular weight is 332 g/mol. The van der Waals surface area contributed by atoms with E-state index in [2.05, 4.69) is 21.5 Å². The van der Waals surface area contributed by atoms with E-state index in [1.807, 2.05) is 17.9 Å². The summed E-state index contributed by atoms with van der Waals surface area (Å²) < 4.78 is 7.83. The van der Waals surface area contributed by atoms with Crippen molar-refractivity contribution in [3.8, 4) is 0 Å². The summed E-state index contributed by atoms with van der Waals surface area (Å²) in [5, 5.41) is 7.52. The number of hydrogen-bond acceptors (Lipinski definition) is 4. The first-order chi connectivity index (χ1) is 11.7. The number of fused-ring (bicyclic) bond motifs is 1. The van der Waals surface area contributed by atoms with E-state index in [1.54, 1.807) is 0 Å². The zero-order valence-corrected chi connectivity index (χ0v) is 14.5. The van der Waals surface area contributed by atoms with Crippen molar-refractivity contribution in [2.24, 2.45) is 18.9 Å². The Kier molecular flexibility index (Phi) is 4.59. The van der Waals surface area contributed by atoms with E-state index < -0.39 is 0 Å². The molecule has 6 nitrogen and oxygen atoms in total. The van der Waals surface area contributed by atoms with Crippen molar-refractivity contribution in [3.05, 3.63) is 18.0 Å². The molecule has 1 aromatic rings. The fourth-order valence-corrected chi connectivity index (χ4v) is 4.33. The Morgan fingerprint density at radius 1 is 1.38 bits per heavy atom. The number of likely N-dealkylation sites (tertiary alicyclic amines) is 1. The van der Waals surface area contributed by atoms with E-state index in [-0.39, 0.29) is 17.9 Å². The first kappa shape index (κ1) is 16.1. The van der Waals surface area contributed by atoms with Crippen LogP contribution in [0, 0.1) is 11.8 Å². The van der Waals surface area contributed by atoms with Crippen molar-refractivity contribution < 1.29 is 9.53 Å². The normalized spacial score (nSPS) is 31.3. The van der Waals surface area contributed by atoms with Gasteiger partial charge in [0.05, 0.1) is 12.3 Å². The van der Waals surface area contributed by atoms with Gasteiger partial charge in [-0.05, 0) is 32.1 Å². The zero-order valence-electron chi connectivity index (χ0n) is 14.5. The third-order valence-corrected chi connectivity index (χ3v) is 5.91. The summed E-state index contributed by atoms with van der Waals surface area (Å²) in [6, 6.07) is 0.425. The average Bonchev–Trinajstić information content (AvgIpc) is 2.95. The Balaban J connectivity index is 1.39. The highest BCUT2D eigenvalue weighted by Crippen LogP contribution is 2.34. The van der Waals surface area contributed by atoms with Crippen LogP contribution in [0.5, 0.6) is 0 Å². The van der Waals surface area contributed by atoms with Gasteiger partial charge in [0.2, 0.25) is 5.91 Å². The van der Waals surface area contributed by atoms with Gasteiger partial charge in [-0.15, -0.1) is 0 Å².